The number of ether oxygens (including phenoxy) is 1. The Morgan fingerprint density at radius 1 is 1.15 bits per heavy atom. The third-order valence-electron chi connectivity index (χ3n) is 5.59. The van der Waals surface area contributed by atoms with Gasteiger partial charge in [-0.05, 0) is 49.8 Å². The molecule has 144 valence electrons. The molecule has 26 heavy (non-hydrogen) atoms. The Morgan fingerprint density at radius 2 is 1.92 bits per heavy atom. The molecule has 0 atom stereocenters. The first-order valence-electron chi connectivity index (χ1n) is 10.1. The third-order valence-corrected chi connectivity index (χ3v) is 6.08. The number of likely N-dealkylation sites (tertiary alicyclic amines) is 1. The summed E-state index contributed by atoms with van der Waals surface area (Å²) in [5.74, 6) is 1.80. The highest BCUT2D eigenvalue weighted by atomic mass is 79.9. The van der Waals surface area contributed by atoms with Crippen molar-refractivity contribution in [2.24, 2.45) is 5.92 Å². The molecule has 1 saturated carbocycles. The van der Waals surface area contributed by atoms with Crippen LogP contribution in [0.1, 0.15) is 51.4 Å². The number of carbonyl (C=O) groups excluding carboxylic acids is 1. The van der Waals surface area contributed by atoms with Crippen molar-refractivity contribution in [3.63, 3.8) is 0 Å². The molecule has 0 aromatic heterocycles. The van der Waals surface area contributed by atoms with Gasteiger partial charge in [-0.3, -0.25) is 4.79 Å². The first-order chi connectivity index (χ1) is 12.7. The Hall–Kier alpha value is -1.07. The maximum atomic E-state index is 12.2. The second-order valence-corrected chi connectivity index (χ2v) is 8.62. The van der Waals surface area contributed by atoms with Crippen molar-refractivity contribution in [2.45, 2.75) is 57.4 Å². The van der Waals surface area contributed by atoms with Crippen molar-refractivity contribution in [1.82, 2.24) is 10.2 Å². The predicted molar refractivity (Wildman–Crippen MR) is 108 cm³/mol. The molecule has 3 rings (SSSR count). The minimum atomic E-state index is 0.103. The zero-order valence-corrected chi connectivity index (χ0v) is 17.2. The normalized spacial score (nSPS) is 20.0. The molecule has 5 heteroatoms. The number of rotatable bonds is 7. The van der Waals surface area contributed by atoms with Gasteiger partial charge in [0.05, 0.1) is 13.0 Å². The maximum Gasteiger partial charge on any atom is 0.223 e. The van der Waals surface area contributed by atoms with E-state index in [0.29, 0.717) is 19.1 Å². The van der Waals surface area contributed by atoms with E-state index in [1.807, 2.05) is 24.3 Å². The van der Waals surface area contributed by atoms with E-state index in [0.717, 1.165) is 42.1 Å². The van der Waals surface area contributed by atoms with Gasteiger partial charge in [0.2, 0.25) is 5.91 Å². The summed E-state index contributed by atoms with van der Waals surface area (Å²) in [7, 11) is 0. The van der Waals surface area contributed by atoms with Crippen molar-refractivity contribution in [3.8, 4) is 5.75 Å². The summed E-state index contributed by atoms with van der Waals surface area (Å²) in [4.78, 5) is 14.8. The SMILES string of the molecule is O=C(CCOc1cccc(Br)c1)NC1CCN(CC2CCCCC2)CC1. The molecule has 1 heterocycles. The molecule has 1 saturated heterocycles. The third kappa shape index (κ3) is 6.58. The molecule has 1 N–H and O–H groups in total. The van der Waals surface area contributed by atoms with Crippen LogP contribution in [-0.2, 0) is 4.79 Å². The molecule has 1 aromatic rings. The molecule has 1 aromatic carbocycles. The zero-order chi connectivity index (χ0) is 18.2. The van der Waals surface area contributed by atoms with E-state index in [2.05, 4.69) is 26.1 Å². The van der Waals surface area contributed by atoms with Crippen LogP contribution in [0.4, 0.5) is 0 Å². The molecule has 1 aliphatic heterocycles. The van der Waals surface area contributed by atoms with Gasteiger partial charge < -0.3 is 15.0 Å². The number of hydrogen-bond acceptors (Lipinski definition) is 3. The number of benzene rings is 1. The summed E-state index contributed by atoms with van der Waals surface area (Å²) < 4.78 is 6.63. The highest BCUT2D eigenvalue weighted by molar-refractivity contribution is 9.10. The van der Waals surface area contributed by atoms with Crippen molar-refractivity contribution in [1.29, 1.82) is 0 Å². The Kier molecular flexibility index (Phi) is 7.81. The number of hydrogen-bond donors (Lipinski definition) is 1. The monoisotopic (exact) mass is 422 g/mol. The van der Waals surface area contributed by atoms with Gasteiger partial charge in [0.1, 0.15) is 5.75 Å². The number of piperidine rings is 1. The highest BCUT2D eigenvalue weighted by Gasteiger charge is 2.23. The lowest BCUT2D eigenvalue weighted by Gasteiger charge is -2.35. The zero-order valence-electron chi connectivity index (χ0n) is 15.6. The number of nitrogens with zero attached hydrogens (tertiary/aromatic N) is 1. The van der Waals surface area contributed by atoms with Gasteiger partial charge in [0, 0.05) is 30.1 Å². The summed E-state index contributed by atoms with van der Waals surface area (Å²) >= 11 is 3.42. The molecule has 2 aliphatic rings. The number of nitrogens with one attached hydrogen (secondary N) is 1. The molecule has 1 amide bonds. The van der Waals surface area contributed by atoms with E-state index in [-0.39, 0.29) is 5.91 Å². The fourth-order valence-corrected chi connectivity index (χ4v) is 4.49. The van der Waals surface area contributed by atoms with Crippen molar-refractivity contribution in [3.05, 3.63) is 28.7 Å². The lowest BCUT2D eigenvalue weighted by atomic mass is 9.88. The molecule has 0 bridgehead atoms. The van der Waals surface area contributed by atoms with E-state index in [1.54, 1.807) is 0 Å². The van der Waals surface area contributed by atoms with Crippen LogP contribution in [-0.4, -0.2) is 43.1 Å². The van der Waals surface area contributed by atoms with Crippen LogP contribution in [0.2, 0.25) is 0 Å². The lowest BCUT2D eigenvalue weighted by Crippen LogP contribution is -2.46. The largest absolute Gasteiger partial charge is 0.493 e. The van der Waals surface area contributed by atoms with Crippen LogP contribution in [0.15, 0.2) is 28.7 Å². The van der Waals surface area contributed by atoms with E-state index >= 15 is 0 Å². The van der Waals surface area contributed by atoms with Crippen molar-refractivity contribution in [2.75, 3.05) is 26.2 Å². The first-order valence-corrected chi connectivity index (χ1v) is 10.9. The van der Waals surface area contributed by atoms with Gasteiger partial charge in [-0.15, -0.1) is 0 Å². The van der Waals surface area contributed by atoms with Gasteiger partial charge in [0.15, 0.2) is 0 Å². The molecule has 1 aliphatic carbocycles. The van der Waals surface area contributed by atoms with Crippen LogP contribution in [0, 0.1) is 5.92 Å². The quantitative estimate of drug-likeness (QED) is 0.708. The number of halogens is 1. The van der Waals surface area contributed by atoms with E-state index in [9.17, 15) is 4.79 Å². The second-order valence-electron chi connectivity index (χ2n) is 7.70. The highest BCUT2D eigenvalue weighted by Crippen LogP contribution is 2.25. The average molecular weight is 423 g/mol. The van der Waals surface area contributed by atoms with Crippen molar-refractivity contribution < 1.29 is 9.53 Å². The Labute approximate surface area is 165 Å². The first kappa shape index (κ1) is 19.7. The molecular weight excluding hydrogens is 392 g/mol. The van der Waals surface area contributed by atoms with Crippen LogP contribution in [0.25, 0.3) is 0 Å². The summed E-state index contributed by atoms with van der Waals surface area (Å²) in [5, 5.41) is 3.19. The molecule has 0 spiro atoms. The minimum Gasteiger partial charge on any atom is -0.493 e. The van der Waals surface area contributed by atoms with Crippen LogP contribution >= 0.6 is 15.9 Å². The summed E-state index contributed by atoms with van der Waals surface area (Å²) in [6.45, 7) is 3.93. The van der Waals surface area contributed by atoms with Crippen molar-refractivity contribution >= 4 is 21.8 Å². The van der Waals surface area contributed by atoms with Crippen LogP contribution < -0.4 is 10.1 Å². The van der Waals surface area contributed by atoms with Gasteiger partial charge in [-0.25, -0.2) is 0 Å². The van der Waals surface area contributed by atoms with Gasteiger partial charge in [0.25, 0.3) is 0 Å². The summed E-state index contributed by atoms with van der Waals surface area (Å²) in [5.41, 5.74) is 0. The standard InChI is InChI=1S/C21H31BrN2O2/c22-18-7-4-8-20(15-18)26-14-11-21(25)23-19-9-12-24(13-10-19)16-17-5-2-1-3-6-17/h4,7-8,15,17,19H,1-3,5-6,9-14,16H2,(H,23,25). The van der Waals surface area contributed by atoms with E-state index in [1.165, 1.54) is 38.6 Å². The predicted octanol–water partition coefficient (Wildman–Crippen LogP) is 4.38. The molecule has 0 radical (unpaired) electrons. The summed E-state index contributed by atoms with van der Waals surface area (Å²) in [6.07, 6.45) is 9.64. The smallest absolute Gasteiger partial charge is 0.223 e. The van der Waals surface area contributed by atoms with Crippen LogP contribution in [0.3, 0.4) is 0 Å². The van der Waals surface area contributed by atoms with Gasteiger partial charge >= 0.3 is 0 Å². The molecule has 4 nitrogen and oxygen atoms in total. The molecule has 0 unspecified atom stereocenters. The minimum absolute atomic E-state index is 0.103. The number of amides is 1. The van der Waals surface area contributed by atoms with Gasteiger partial charge in [-0.1, -0.05) is 41.3 Å². The summed E-state index contributed by atoms with van der Waals surface area (Å²) in [6, 6.07) is 8.04. The Bertz CT molecular complexity index is 567. The second kappa shape index (κ2) is 10.3. The maximum absolute atomic E-state index is 12.2. The Morgan fingerprint density at radius 3 is 2.65 bits per heavy atom. The van der Waals surface area contributed by atoms with Gasteiger partial charge in [-0.2, -0.15) is 0 Å². The number of carbonyl (C=O) groups is 1. The topological polar surface area (TPSA) is 41.6 Å². The molecular formula is C21H31BrN2O2. The average Bonchev–Trinajstić information content (AvgIpc) is 2.64. The Balaban J connectivity index is 1.29. The lowest BCUT2D eigenvalue weighted by molar-refractivity contribution is -0.122. The van der Waals surface area contributed by atoms with E-state index in [4.69, 9.17) is 4.74 Å². The fourth-order valence-electron chi connectivity index (χ4n) is 4.11. The van der Waals surface area contributed by atoms with Crippen LogP contribution in [0.5, 0.6) is 5.75 Å². The molecule has 2 fully saturated rings. The fraction of sp³-hybridized carbons (Fsp3) is 0.667. The van der Waals surface area contributed by atoms with E-state index < -0.39 is 0 Å².